The van der Waals surface area contributed by atoms with Gasteiger partial charge >= 0.3 is 27.3 Å². The molecule has 0 aromatic rings. The highest BCUT2D eigenvalue weighted by molar-refractivity contribution is 7.88. The summed E-state index contributed by atoms with van der Waals surface area (Å²) >= 11 is 0. The standard InChI is InChI=1S/C9H10F4O6S/c10-8(9(11,12)13,20(16,17)18)7(15)19-6-4-2-1-3-5(6)14/h6H,1-4H2,(H,16,17,18). The predicted molar refractivity (Wildman–Crippen MR) is 54.8 cm³/mol. The number of hydrogen-bond donors (Lipinski definition) is 1. The maximum atomic E-state index is 13.5. The Labute approximate surface area is 110 Å². The first kappa shape index (κ1) is 16.8. The third kappa shape index (κ3) is 2.92. The van der Waals surface area contributed by atoms with Crippen molar-refractivity contribution in [3.05, 3.63) is 0 Å². The van der Waals surface area contributed by atoms with Crippen molar-refractivity contribution in [3.63, 3.8) is 0 Å². The Hall–Kier alpha value is -1.23. The highest BCUT2D eigenvalue weighted by atomic mass is 32.2. The summed E-state index contributed by atoms with van der Waals surface area (Å²) in [7, 11) is -6.47. The zero-order valence-electron chi connectivity index (χ0n) is 9.81. The van der Waals surface area contributed by atoms with Gasteiger partial charge in [0, 0.05) is 6.42 Å². The summed E-state index contributed by atoms with van der Waals surface area (Å²) in [5.41, 5.74) is 0. The quantitative estimate of drug-likeness (QED) is 0.476. The molecule has 0 spiro atoms. The minimum atomic E-state index is -6.47. The molecule has 0 radical (unpaired) electrons. The summed E-state index contributed by atoms with van der Waals surface area (Å²) in [6.45, 7) is 0. The summed E-state index contributed by atoms with van der Waals surface area (Å²) in [6.07, 6.45) is -7.31. The van der Waals surface area contributed by atoms with E-state index in [1.54, 1.807) is 0 Å². The van der Waals surface area contributed by atoms with Crippen LogP contribution in [-0.4, -0.2) is 42.0 Å². The molecule has 0 heterocycles. The normalized spacial score (nSPS) is 24.1. The summed E-state index contributed by atoms with van der Waals surface area (Å²) in [5, 5.41) is -5.61. The predicted octanol–water partition coefficient (Wildman–Crippen LogP) is 1.16. The molecule has 1 saturated carbocycles. The molecule has 0 aromatic heterocycles. The average molecular weight is 322 g/mol. The second kappa shape index (κ2) is 5.28. The van der Waals surface area contributed by atoms with Gasteiger partial charge in [0.15, 0.2) is 11.9 Å². The first-order chi connectivity index (χ1) is 8.91. The molecule has 1 aliphatic carbocycles. The first-order valence-electron chi connectivity index (χ1n) is 5.37. The molecule has 20 heavy (non-hydrogen) atoms. The molecule has 0 amide bonds. The largest absolute Gasteiger partial charge is 0.451 e. The van der Waals surface area contributed by atoms with Crippen LogP contribution in [0.25, 0.3) is 0 Å². The lowest BCUT2D eigenvalue weighted by molar-refractivity contribution is -0.218. The Morgan fingerprint density at radius 3 is 2.20 bits per heavy atom. The summed E-state index contributed by atoms with van der Waals surface area (Å²) in [6, 6.07) is 0. The third-order valence-electron chi connectivity index (χ3n) is 2.73. The van der Waals surface area contributed by atoms with E-state index in [1.165, 1.54) is 0 Å². The minimum absolute atomic E-state index is 0.0743. The molecule has 0 bridgehead atoms. The van der Waals surface area contributed by atoms with E-state index in [1.807, 2.05) is 0 Å². The fourth-order valence-corrected chi connectivity index (χ4v) is 2.20. The third-order valence-corrected chi connectivity index (χ3v) is 3.84. The monoisotopic (exact) mass is 322 g/mol. The van der Waals surface area contributed by atoms with Crippen LogP contribution in [0.3, 0.4) is 0 Å². The van der Waals surface area contributed by atoms with Gasteiger partial charge in [-0.2, -0.15) is 21.6 Å². The topological polar surface area (TPSA) is 97.7 Å². The fourth-order valence-electron chi connectivity index (χ4n) is 1.65. The molecule has 116 valence electrons. The lowest BCUT2D eigenvalue weighted by Crippen LogP contribution is -2.56. The van der Waals surface area contributed by atoms with Crippen molar-refractivity contribution in [2.45, 2.75) is 43.0 Å². The van der Waals surface area contributed by atoms with Crippen LogP contribution in [0, 0.1) is 0 Å². The van der Waals surface area contributed by atoms with Crippen LogP contribution >= 0.6 is 0 Å². The van der Waals surface area contributed by atoms with E-state index in [0.29, 0.717) is 12.8 Å². The second-order valence-corrected chi connectivity index (χ2v) is 5.69. The van der Waals surface area contributed by atoms with E-state index in [-0.39, 0.29) is 12.8 Å². The summed E-state index contributed by atoms with van der Waals surface area (Å²) in [4.78, 5) is 22.4. The minimum Gasteiger partial charge on any atom is -0.451 e. The molecule has 0 saturated heterocycles. The average Bonchev–Trinajstić information content (AvgIpc) is 2.28. The van der Waals surface area contributed by atoms with Gasteiger partial charge in [-0.25, -0.2) is 9.18 Å². The Bertz CT molecular complexity index is 513. The zero-order chi connectivity index (χ0) is 15.8. The Morgan fingerprint density at radius 1 is 1.25 bits per heavy atom. The van der Waals surface area contributed by atoms with E-state index >= 15 is 0 Å². The van der Waals surface area contributed by atoms with Crippen molar-refractivity contribution >= 4 is 21.9 Å². The van der Waals surface area contributed by atoms with Crippen molar-refractivity contribution in [1.82, 2.24) is 0 Å². The molecule has 0 aliphatic heterocycles. The number of Topliss-reactive ketones (excluding diaryl/α,β-unsaturated/α-hetero) is 1. The van der Waals surface area contributed by atoms with E-state index in [0.717, 1.165) is 0 Å². The van der Waals surface area contributed by atoms with Crippen molar-refractivity contribution in [2.75, 3.05) is 0 Å². The number of alkyl halides is 4. The van der Waals surface area contributed by atoms with Crippen molar-refractivity contribution in [1.29, 1.82) is 0 Å². The molecule has 0 aromatic carbocycles. The van der Waals surface area contributed by atoms with Gasteiger partial charge in [-0.3, -0.25) is 9.35 Å². The summed E-state index contributed by atoms with van der Waals surface area (Å²) in [5.74, 6) is -3.60. The highest BCUT2D eigenvalue weighted by Crippen LogP contribution is 2.39. The molecule has 2 unspecified atom stereocenters. The van der Waals surface area contributed by atoms with E-state index < -0.39 is 39.2 Å². The number of hydrogen-bond acceptors (Lipinski definition) is 5. The van der Waals surface area contributed by atoms with Crippen LogP contribution in [0.15, 0.2) is 0 Å². The van der Waals surface area contributed by atoms with Crippen molar-refractivity contribution in [3.8, 4) is 0 Å². The molecule has 6 nitrogen and oxygen atoms in total. The molecular weight excluding hydrogens is 312 g/mol. The van der Waals surface area contributed by atoms with Crippen LogP contribution in [0.5, 0.6) is 0 Å². The van der Waals surface area contributed by atoms with E-state index in [9.17, 15) is 35.6 Å². The van der Waals surface area contributed by atoms with Gasteiger partial charge in [-0.05, 0) is 19.3 Å². The zero-order valence-corrected chi connectivity index (χ0v) is 10.6. The van der Waals surface area contributed by atoms with Gasteiger partial charge < -0.3 is 4.74 Å². The number of rotatable bonds is 3. The lowest BCUT2D eigenvalue weighted by Gasteiger charge is -2.26. The van der Waals surface area contributed by atoms with Crippen LogP contribution in [0.1, 0.15) is 25.7 Å². The molecule has 1 fully saturated rings. The Kier molecular flexibility index (Phi) is 4.44. The molecule has 1 N–H and O–H groups in total. The highest BCUT2D eigenvalue weighted by Gasteiger charge is 2.73. The molecule has 1 rings (SSSR count). The van der Waals surface area contributed by atoms with Crippen molar-refractivity contribution < 1.29 is 44.9 Å². The first-order valence-corrected chi connectivity index (χ1v) is 6.81. The fraction of sp³-hybridized carbons (Fsp3) is 0.778. The molecule has 2 atom stereocenters. The van der Waals surface area contributed by atoms with Gasteiger partial charge in [0.05, 0.1) is 0 Å². The van der Waals surface area contributed by atoms with Crippen LogP contribution in [0.4, 0.5) is 17.6 Å². The maximum absolute atomic E-state index is 13.5. The lowest BCUT2D eigenvalue weighted by atomic mass is 9.96. The molecule has 11 heteroatoms. The maximum Gasteiger partial charge on any atom is 0.451 e. The summed E-state index contributed by atoms with van der Waals surface area (Å²) < 4.78 is 84.1. The van der Waals surface area contributed by atoms with Crippen LogP contribution in [0.2, 0.25) is 0 Å². The molecular formula is C9H10F4O6S. The van der Waals surface area contributed by atoms with E-state index in [2.05, 4.69) is 4.74 Å². The van der Waals surface area contributed by atoms with Gasteiger partial charge in [0.25, 0.3) is 0 Å². The second-order valence-electron chi connectivity index (χ2n) is 4.17. The van der Waals surface area contributed by atoms with Gasteiger partial charge in [-0.15, -0.1) is 0 Å². The molecule has 1 aliphatic rings. The number of ether oxygens (including phenoxy) is 1. The number of ketones is 1. The SMILES string of the molecule is O=C1CCCCC1OC(=O)C(F)(C(F)(F)F)S(=O)(=O)O. The van der Waals surface area contributed by atoms with Gasteiger partial charge in [0.2, 0.25) is 0 Å². The van der Waals surface area contributed by atoms with Crippen LogP contribution in [-0.2, 0) is 24.4 Å². The Balaban J connectivity index is 3.05. The van der Waals surface area contributed by atoms with Crippen molar-refractivity contribution in [2.24, 2.45) is 0 Å². The number of carbonyl (C=O) groups excluding carboxylic acids is 2. The Morgan fingerprint density at radius 2 is 1.80 bits per heavy atom. The smallest absolute Gasteiger partial charge is 0.451 e. The van der Waals surface area contributed by atoms with Crippen LogP contribution < -0.4 is 0 Å². The van der Waals surface area contributed by atoms with E-state index in [4.69, 9.17) is 4.55 Å². The number of esters is 1. The van der Waals surface area contributed by atoms with Gasteiger partial charge in [0.1, 0.15) is 0 Å². The number of carbonyl (C=O) groups is 2. The number of halogens is 4. The van der Waals surface area contributed by atoms with Gasteiger partial charge in [-0.1, -0.05) is 0 Å².